The normalized spacial score (nSPS) is 23.7. The number of aromatic nitrogens is 2. The van der Waals surface area contributed by atoms with Gasteiger partial charge >= 0.3 is 0 Å². The summed E-state index contributed by atoms with van der Waals surface area (Å²) < 4.78 is 0. The third kappa shape index (κ3) is 2.56. The first-order chi connectivity index (χ1) is 7.71. The zero-order valence-corrected chi connectivity index (χ0v) is 10.3. The molecular weight excluding hydrogens is 222 g/mol. The highest BCUT2D eigenvalue weighted by atomic mass is 32.2. The van der Waals surface area contributed by atoms with Crippen molar-refractivity contribution in [3.8, 4) is 0 Å². The SMILES string of the molecule is CSc1nc(NN)cc(NC2CC(C)C2)n1. The van der Waals surface area contributed by atoms with E-state index in [9.17, 15) is 0 Å². The maximum atomic E-state index is 5.36. The predicted molar refractivity (Wildman–Crippen MR) is 67.4 cm³/mol. The second kappa shape index (κ2) is 4.88. The maximum absolute atomic E-state index is 5.36. The van der Waals surface area contributed by atoms with Crippen molar-refractivity contribution in [3.63, 3.8) is 0 Å². The molecule has 1 saturated carbocycles. The molecule has 1 aliphatic rings. The summed E-state index contributed by atoms with van der Waals surface area (Å²) in [6.45, 7) is 2.26. The van der Waals surface area contributed by atoms with Gasteiger partial charge in [0.25, 0.3) is 0 Å². The number of nitrogens with two attached hydrogens (primary N) is 1. The number of hydrazine groups is 1. The van der Waals surface area contributed by atoms with Crippen LogP contribution in [0, 0.1) is 5.92 Å². The molecule has 0 amide bonds. The molecule has 0 aliphatic heterocycles. The molecule has 88 valence electrons. The third-order valence-corrected chi connectivity index (χ3v) is 3.31. The summed E-state index contributed by atoms with van der Waals surface area (Å²) in [6.07, 6.45) is 4.37. The molecule has 0 saturated heterocycles. The number of hydrogen-bond acceptors (Lipinski definition) is 6. The number of hydrogen-bond donors (Lipinski definition) is 3. The first kappa shape index (κ1) is 11.5. The molecule has 0 radical (unpaired) electrons. The van der Waals surface area contributed by atoms with E-state index in [1.165, 1.54) is 24.6 Å². The summed E-state index contributed by atoms with van der Waals surface area (Å²) in [5, 5.41) is 4.13. The van der Waals surface area contributed by atoms with Crippen LogP contribution in [-0.2, 0) is 0 Å². The van der Waals surface area contributed by atoms with Crippen LogP contribution in [0.4, 0.5) is 11.6 Å². The molecule has 1 fully saturated rings. The molecule has 0 atom stereocenters. The average Bonchev–Trinajstić information content (AvgIpc) is 2.26. The van der Waals surface area contributed by atoms with Crippen LogP contribution >= 0.6 is 11.8 Å². The first-order valence-corrected chi connectivity index (χ1v) is 6.60. The monoisotopic (exact) mass is 239 g/mol. The second-order valence-corrected chi connectivity index (χ2v) is 4.96. The minimum absolute atomic E-state index is 0.547. The van der Waals surface area contributed by atoms with Gasteiger partial charge in [0.1, 0.15) is 11.6 Å². The molecule has 0 aromatic carbocycles. The Labute approximate surface area is 99.6 Å². The fourth-order valence-corrected chi connectivity index (χ4v) is 2.27. The minimum atomic E-state index is 0.547. The van der Waals surface area contributed by atoms with Gasteiger partial charge in [0.05, 0.1) is 0 Å². The van der Waals surface area contributed by atoms with Crippen molar-refractivity contribution >= 4 is 23.4 Å². The van der Waals surface area contributed by atoms with Crippen LogP contribution in [-0.4, -0.2) is 22.3 Å². The van der Waals surface area contributed by atoms with E-state index in [2.05, 4.69) is 27.6 Å². The van der Waals surface area contributed by atoms with Crippen molar-refractivity contribution in [3.05, 3.63) is 6.07 Å². The van der Waals surface area contributed by atoms with Gasteiger partial charge in [-0.05, 0) is 25.0 Å². The van der Waals surface area contributed by atoms with Gasteiger partial charge in [0.15, 0.2) is 5.16 Å². The number of rotatable bonds is 4. The molecule has 5 nitrogen and oxygen atoms in total. The Morgan fingerprint density at radius 3 is 2.62 bits per heavy atom. The van der Waals surface area contributed by atoms with Gasteiger partial charge in [0.2, 0.25) is 0 Å². The quantitative estimate of drug-likeness (QED) is 0.321. The number of thioether (sulfide) groups is 1. The lowest BCUT2D eigenvalue weighted by Gasteiger charge is -2.33. The Balaban J connectivity index is 2.07. The molecular formula is C10H17N5S. The Bertz CT molecular complexity index is 342. The van der Waals surface area contributed by atoms with Gasteiger partial charge in [0, 0.05) is 12.1 Å². The van der Waals surface area contributed by atoms with Crippen molar-refractivity contribution in [1.29, 1.82) is 0 Å². The summed E-state index contributed by atoms with van der Waals surface area (Å²) in [7, 11) is 0. The first-order valence-electron chi connectivity index (χ1n) is 5.37. The fourth-order valence-electron chi connectivity index (χ4n) is 1.89. The van der Waals surface area contributed by atoms with Crippen LogP contribution in [0.15, 0.2) is 11.2 Å². The largest absolute Gasteiger partial charge is 0.367 e. The van der Waals surface area contributed by atoms with Gasteiger partial charge in [-0.3, -0.25) is 0 Å². The van der Waals surface area contributed by atoms with E-state index in [1.54, 1.807) is 0 Å². The van der Waals surface area contributed by atoms with E-state index in [0.717, 1.165) is 16.9 Å². The minimum Gasteiger partial charge on any atom is -0.367 e. The van der Waals surface area contributed by atoms with E-state index >= 15 is 0 Å². The fraction of sp³-hybridized carbons (Fsp3) is 0.600. The summed E-state index contributed by atoms with van der Waals surface area (Å²) in [4.78, 5) is 8.60. The van der Waals surface area contributed by atoms with Gasteiger partial charge in [-0.25, -0.2) is 15.8 Å². The lowest BCUT2D eigenvalue weighted by Crippen LogP contribution is -2.34. The molecule has 1 aliphatic carbocycles. The van der Waals surface area contributed by atoms with Gasteiger partial charge in [-0.1, -0.05) is 18.7 Å². The standard InChI is InChI=1S/C10H17N5S/c1-6-3-7(4-6)12-8-5-9(15-11)14-10(13-8)16-2/h5-7H,3-4,11H2,1-2H3,(H2,12,13,14,15). The molecule has 1 aromatic heterocycles. The van der Waals surface area contributed by atoms with Crippen LogP contribution < -0.4 is 16.6 Å². The molecule has 0 unspecified atom stereocenters. The maximum Gasteiger partial charge on any atom is 0.191 e. The Morgan fingerprint density at radius 2 is 2.06 bits per heavy atom. The molecule has 0 bridgehead atoms. The molecule has 0 spiro atoms. The Morgan fingerprint density at radius 1 is 1.38 bits per heavy atom. The highest BCUT2D eigenvalue weighted by molar-refractivity contribution is 7.98. The molecule has 16 heavy (non-hydrogen) atoms. The number of anilines is 2. The van der Waals surface area contributed by atoms with Crippen molar-refractivity contribution in [2.24, 2.45) is 11.8 Å². The van der Waals surface area contributed by atoms with E-state index in [4.69, 9.17) is 5.84 Å². The zero-order chi connectivity index (χ0) is 11.5. The van der Waals surface area contributed by atoms with E-state index in [-0.39, 0.29) is 0 Å². The Kier molecular flexibility index (Phi) is 3.50. The van der Waals surface area contributed by atoms with Crippen LogP contribution in [0.1, 0.15) is 19.8 Å². The average molecular weight is 239 g/mol. The van der Waals surface area contributed by atoms with Crippen LogP contribution in [0.25, 0.3) is 0 Å². The van der Waals surface area contributed by atoms with Gasteiger partial charge in [-0.2, -0.15) is 0 Å². The highest BCUT2D eigenvalue weighted by Crippen LogP contribution is 2.29. The van der Waals surface area contributed by atoms with Crippen LogP contribution in [0.5, 0.6) is 0 Å². The van der Waals surface area contributed by atoms with Gasteiger partial charge in [-0.15, -0.1) is 0 Å². The smallest absolute Gasteiger partial charge is 0.191 e. The van der Waals surface area contributed by atoms with Crippen LogP contribution in [0.3, 0.4) is 0 Å². The number of nitrogens with zero attached hydrogens (tertiary/aromatic N) is 2. The van der Waals surface area contributed by atoms with Crippen molar-refractivity contribution in [2.45, 2.75) is 31.0 Å². The Hall–Kier alpha value is -1.01. The summed E-state index contributed by atoms with van der Waals surface area (Å²) >= 11 is 1.51. The summed E-state index contributed by atoms with van der Waals surface area (Å²) in [5.74, 6) is 7.69. The summed E-state index contributed by atoms with van der Waals surface area (Å²) in [5.41, 5.74) is 2.56. The van der Waals surface area contributed by atoms with Crippen molar-refractivity contribution in [1.82, 2.24) is 9.97 Å². The van der Waals surface area contributed by atoms with E-state index in [0.29, 0.717) is 11.9 Å². The number of nitrogen functional groups attached to an aromatic ring is 1. The van der Waals surface area contributed by atoms with Crippen molar-refractivity contribution in [2.75, 3.05) is 17.0 Å². The van der Waals surface area contributed by atoms with E-state index < -0.39 is 0 Å². The molecule has 4 N–H and O–H groups in total. The van der Waals surface area contributed by atoms with Gasteiger partial charge < -0.3 is 10.7 Å². The second-order valence-electron chi connectivity index (χ2n) is 4.19. The zero-order valence-electron chi connectivity index (χ0n) is 9.53. The lowest BCUT2D eigenvalue weighted by molar-refractivity contribution is 0.308. The molecule has 2 rings (SSSR count). The predicted octanol–water partition coefficient (Wildman–Crippen LogP) is 1.69. The van der Waals surface area contributed by atoms with Crippen LogP contribution in [0.2, 0.25) is 0 Å². The van der Waals surface area contributed by atoms with Crippen molar-refractivity contribution < 1.29 is 0 Å². The topological polar surface area (TPSA) is 75.9 Å². The molecule has 6 heteroatoms. The number of nitrogens with one attached hydrogen (secondary N) is 2. The lowest BCUT2D eigenvalue weighted by atomic mass is 9.82. The molecule has 1 heterocycles. The molecule has 1 aromatic rings. The highest BCUT2D eigenvalue weighted by Gasteiger charge is 2.25. The van der Waals surface area contributed by atoms with E-state index in [1.807, 2.05) is 12.3 Å². The summed E-state index contributed by atoms with van der Waals surface area (Å²) in [6, 6.07) is 2.38. The third-order valence-electron chi connectivity index (χ3n) is 2.76.